The largest absolute Gasteiger partial charge is 0.778 e. The number of aliphatic hydroxyl groups excluding tert-OH is 2. The summed E-state index contributed by atoms with van der Waals surface area (Å²) in [7, 11) is -10.9. The summed E-state index contributed by atoms with van der Waals surface area (Å²) in [5, 5.41) is 34.5. The van der Waals surface area contributed by atoms with Crippen molar-refractivity contribution in [2.75, 3.05) is 23.4 Å². The Balaban J connectivity index is 1.44. The third kappa shape index (κ3) is 7.02. The molecule has 0 bridgehead atoms. The molecule has 0 aliphatic carbocycles. The molecular weight excluding hydrogens is 566 g/mol. The van der Waals surface area contributed by atoms with Gasteiger partial charge in [-0.1, -0.05) is 18.2 Å². The van der Waals surface area contributed by atoms with Gasteiger partial charge in [-0.3, -0.25) is 23.6 Å². The van der Waals surface area contributed by atoms with Crippen LogP contribution >= 0.6 is 15.4 Å². The number of aromatic nitrogens is 4. The van der Waals surface area contributed by atoms with Crippen LogP contribution in [0, 0.1) is 0 Å². The number of imidazole rings is 1. The van der Waals surface area contributed by atoms with E-state index >= 15 is 0 Å². The number of rotatable bonds is 10. The maximum atomic E-state index is 12.4. The van der Waals surface area contributed by atoms with Gasteiger partial charge in [0.15, 0.2) is 30.8 Å². The number of aliphatic hydroxyl groups is 2. The van der Waals surface area contributed by atoms with Gasteiger partial charge in [-0.05, 0) is 12.1 Å². The molecule has 0 radical (unpaired) electrons. The van der Waals surface area contributed by atoms with Crippen molar-refractivity contribution in [1.29, 1.82) is 0 Å². The van der Waals surface area contributed by atoms with Crippen LogP contribution < -0.4 is 20.4 Å². The summed E-state index contributed by atoms with van der Waals surface area (Å²) < 4.78 is 38.3. The molecule has 1 aromatic carbocycles. The molecule has 1 fully saturated rings. The van der Waals surface area contributed by atoms with E-state index in [0.29, 0.717) is 5.69 Å². The summed E-state index contributed by atoms with van der Waals surface area (Å²) in [6.45, 7) is -0.989. The summed E-state index contributed by atoms with van der Waals surface area (Å²) in [5.41, 5.74) is 0.674. The molecule has 3 unspecified atom stereocenters. The van der Waals surface area contributed by atoms with Crippen LogP contribution in [-0.2, 0) is 27.5 Å². The molecule has 20 heteroatoms. The molecule has 1 aliphatic rings. The Kier molecular flexibility index (Phi) is 8.41. The van der Waals surface area contributed by atoms with Crippen LogP contribution in [0.5, 0.6) is 0 Å². The fourth-order valence-corrected chi connectivity index (χ4v) is 5.85. The van der Waals surface area contributed by atoms with E-state index < -0.39 is 64.7 Å². The first-order valence-corrected chi connectivity index (χ1v) is 14.0. The van der Waals surface area contributed by atoms with Crippen LogP contribution in [0.3, 0.4) is 0 Å². The number of anilines is 2. The zero-order chi connectivity index (χ0) is 28.4. The second-order valence-electron chi connectivity index (χ2n) is 8.03. The number of carbonyl (C=O) groups is 2. The van der Waals surface area contributed by atoms with Crippen molar-refractivity contribution in [3.63, 3.8) is 0 Å². The molecule has 3 aromatic rings. The van der Waals surface area contributed by atoms with Gasteiger partial charge in [0.1, 0.15) is 30.8 Å². The van der Waals surface area contributed by atoms with E-state index in [2.05, 4.69) is 34.4 Å². The molecule has 0 spiro atoms. The van der Waals surface area contributed by atoms with Crippen LogP contribution in [0.4, 0.5) is 16.3 Å². The SMILES string of the molecule is O=C(O)CP(=O)([O-])OP(=O)([O-])OC[C@H]1O[C@@H](n2cnc3c(NC(=O)Nc4ccccc4)ncnc32)[C@@H](O)C1O. The van der Waals surface area contributed by atoms with E-state index in [1.807, 2.05) is 0 Å². The Morgan fingerprint density at radius 3 is 2.49 bits per heavy atom. The average Bonchev–Trinajstić information content (AvgIpc) is 3.38. The number of carboxylic acids is 1. The number of nitrogens with one attached hydrogen (secondary N) is 2. The van der Waals surface area contributed by atoms with E-state index in [4.69, 9.17) is 9.84 Å². The van der Waals surface area contributed by atoms with Gasteiger partial charge in [-0.15, -0.1) is 0 Å². The molecule has 0 saturated carbocycles. The number of urea groups is 1. The molecule has 2 aromatic heterocycles. The van der Waals surface area contributed by atoms with Gasteiger partial charge in [0.05, 0.1) is 12.9 Å². The highest BCUT2D eigenvalue weighted by Crippen LogP contribution is 2.55. The van der Waals surface area contributed by atoms with Crippen molar-refractivity contribution in [2.45, 2.75) is 24.5 Å². The Hall–Kier alpha value is -3.31. The summed E-state index contributed by atoms with van der Waals surface area (Å²) in [6.07, 6.45) is -5.59. The number of hydrogen-bond donors (Lipinski definition) is 5. The molecule has 2 amide bonds. The van der Waals surface area contributed by atoms with Crippen LogP contribution in [-0.4, -0.2) is 77.9 Å². The second-order valence-corrected chi connectivity index (χ2v) is 11.4. The maximum absolute atomic E-state index is 12.4. The monoisotopic (exact) mass is 586 g/mol. The highest BCUT2D eigenvalue weighted by molar-refractivity contribution is 7.63. The van der Waals surface area contributed by atoms with E-state index in [1.54, 1.807) is 30.3 Å². The van der Waals surface area contributed by atoms with E-state index in [-0.39, 0.29) is 17.0 Å². The summed E-state index contributed by atoms with van der Waals surface area (Å²) >= 11 is 0. The van der Waals surface area contributed by atoms with E-state index in [0.717, 1.165) is 6.33 Å². The van der Waals surface area contributed by atoms with Crippen molar-refractivity contribution in [3.8, 4) is 0 Å². The molecule has 4 rings (SSSR count). The van der Waals surface area contributed by atoms with Gasteiger partial charge >= 0.3 is 12.0 Å². The Morgan fingerprint density at radius 2 is 1.79 bits per heavy atom. The third-order valence-corrected chi connectivity index (χ3v) is 8.10. The zero-order valence-corrected chi connectivity index (χ0v) is 21.3. The molecule has 1 saturated heterocycles. The number of fused-ring (bicyclic) bond motifs is 1. The molecule has 39 heavy (non-hydrogen) atoms. The van der Waals surface area contributed by atoms with Gasteiger partial charge in [-0.2, -0.15) is 0 Å². The minimum Gasteiger partial charge on any atom is -0.778 e. The standard InChI is InChI=1S/C19H22N6O12P2/c26-12(27)7-38(31,32)37-39(33,34)35-6-11-14(28)15(29)18(36-11)25-9-22-13-16(20-8-21-17(13)25)24-19(30)23-10-4-2-1-3-5-10/h1-5,8-9,11,14-15,18,28-29H,6-7H2,(H,26,27)(H,31,32)(H,33,34)(H2,20,21,23,24,30)/p-2/t11-,14?,15+,18-/m1/s1. The average molecular weight is 586 g/mol. The number of nitrogens with zero attached hydrogens (tertiary/aromatic N) is 4. The van der Waals surface area contributed by atoms with Gasteiger partial charge < -0.3 is 44.2 Å². The van der Waals surface area contributed by atoms with Gasteiger partial charge in [-0.25, -0.2) is 19.7 Å². The number of phosphoric ester groups is 1. The Morgan fingerprint density at radius 1 is 1.08 bits per heavy atom. The minimum atomic E-state index is -5.58. The van der Waals surface area contributed by atoms with Gasteiger partial charge in [0.25, 0.3) is 7.82 Å². The number of carboxylic acid groups (broad SMARTS) is 1. The summed E-state index contributed by atoms with van der Waals surface area (Å²) in [5.74, 6) is -1.84. The lowest BCUT2D eigenvalue weighted by Crippen LogP contribution is -2.34. The first-order valence-electron chi connectivity index (χ1n) is 10.9. The molecule has 3 heterocycles. The molecule has 1 aliphatic heterocycles. The smallest absolute Gasteiger partial charge is 0.324 e. The molecule has 5 N–H and O–H groups in total. The van der Waals surface area contributed by atoms with E-state index in [9.17, 15) is 38.7 Å². The second kappa shape index (κ2) is 11.4. The van der Waals surface area contributed by atoms with Gasteiger partial charge in [0.2, 0.25) is 0 Å². The normalized spacial score (nSPS) is 24.1. The van der Waals surface area contributed by atoms with Crippen molar-refractivity contribution < 1.29 is 57.4 Å². The van der Waals surface area contributed by atoms with Crippen LogP contribution in [0.15, 0.2) is 43.0 Å². The number of phosphoric acid groups is 1. The lowest BCUT2D eigenvalue weighted by Gasteiger charge is -2.31. The Labute approximate surface area is 218 Å². The van der Waals surface area contributed by atoms with Crippen molar-refractivity contribution in [3.05, 3.63) is 43.0 Å². The van der Waals surface area contributed by atoms with Crippen LogP contribution in [0.1, 0.15) is 6.23 Å². The molecular formula is C19H20N6O12P2-2. The maximum Gasteiger partial charge on any atom is 0.324 e. The quantitative estimate of drug-likeness (QED) is 0.182. The summed E-state index contributed by atoms with van der Waals surface area (Å²) in [4.78, 5) is 58.4. The minimum absolute atomic E-state index is 0.00736. The highest BCUT2D eigenvalue weighted by atomic mass is 31.3. The van der Waals surface area contributed by atoms with Crippen LogP contribution in [0.2, 0.25) is 0 Å². The summed E-state index contributed by atoms with van der Waals surface area (Å²) in [6, 6.07) is 7.94. The number of benzene rings is 1. The molecule has 6 atom stereocenters. The van der Waals surface area contributed by atoms with Crippen molar-refractivity contribution >= 4 is 50.1 Å². The third-order valence-electron chi connectivity index (χ3n) is 5.18. The fraction of sp³-hybridized carbons (Fsp3) is 0.316. The topological polar surface area (TPSA) is 270 Å². The number of carbonyl (C=O) groups excluding carboxylic acids is 1. The number of amides is 2. The number of para-hydroxylation sites is 1. The highest BCUT2D eigenvalue weighted by Gasteiger charge is 2.45. The lowest BCUT2D eigenvalue weighted by molar-refractivity contribution is -0.233. The van der Waals surface area contributed by atoms with Crippen LogP contribution in [0.25, 0.3) is 11.2 Å². The van der Waals surface area contributed by atoms with Crippen molar-refractivity contribution in [2.24, 2.45) is 0 Å². The molecule has 210 valence electrons. The number of ether oxygens (including phenoxy) is 1. The first-order chi connectivity index (χ1) is 18.3. The predicted octanol–water partition coefficient (Wildman–Crippen LogP) is -0.771. The van der Waals surface area contributed by atoms with E-state index in [1.165, 1.54) is 10.9 Å². The molecule has 18 nitrogen and oxygen atoms in total. The number of hydrogen-bond acceptors (Lipinski definition) is 14. The lowest BCUT2D eigenvalue weighted by atomic mass is 10.1. The first kappa shape index (κ1) is 28.7. The fourth-order valence-electron chi connectivity index (χ4n) is 3.55. The van der Waals surface area contributed by atoms with Gasteiger partial charge in [0, 0.05) is 5.69 Å². The van der Waals surface area contributed by atoms with Crippen molar-refractivity contribution in [1.82, 2.24) is 19.5 Å². The number of aliphatic carboxylic acids is 1. The zero-order valence-electron chi connectivity index (χ0n) is 19.5. The Bertz CT molecular complexity index is 1460. The predicted molar refractivity (Wildman–Crippen MR) is 125 cm³/mol.